The third-order valence-electron chi connectivity index (χ3n) is 6.26. The molecule has 3 rings (SSSR count). The van der Waals surface area contributed by atoms with Crippen molar-refractivity contribution < 1.29 is 14.6 Å². The van der Waals surface area contributed by atoms with E-state index >= 15 is 0 Å². The predicted octanol–water partition coefficient (Wildman–Crippen LogP) is 4.81. The van der Waals surface area contributed by atoms with Crippen LogP contribution in [0, 0.1) is 11.8 Å². The largest absolute Gasteiger partial charge is 0.387 e. The summed E-state index contributed by atoms with van der Waals surface area (Å²) in [5.74, 6) is 0.278. The first kappa shape index (κ1) is 17.7. The smallest absolute Gasteiger partial charge is 0.195 e. The number of aliphatic hydroxyl groups is 1. The van der Waals surface area contributed by atoms with Gasteiger partial charge in [-0.15, -0.1) is 0 Å². The minimum Gasteiger partial charge on any atom is -0.387 e. The van der Waals surface area contributed by atoms with Gasteiger partial charge in [-0.25, -0.2) is 0 Å². The van der Waals surface area contributed by atoms with E-state index < -0.39 is 11.9 Å². The number of hydrogen-bond acceptors (Lipinski definition) is 3. The van der Waals surface area contributed by atoms with Gasteiger partial charge in [0.15, 0.2) is 5.79 Å². The molecular formula is C20H36O3. The number of ether oxygens (including phenoxy) is 2. The van der Waals surface area contributed by atoms with Crippen LogP contribution in [0.3, 0.4) is 0 Å². The molecule has 2 saturated carbocycles. The summed E-state index contributed by atoms with van der Waals surface area (Å²) in [5.41, 5.74) is 0. The van der Waals surface area contributed by atoms with Crippen LogP contribution >= 0.6 is 0 Å². The van der Waals surface area contributed by atoms with Gasteiger partial charge in [0, 0.05) is 6.42 Å². The molecule has 3 fully saturated rings. The Balaban J connectivity index is 1.75. The predicted molar refractivity (Wildman–Crippen MR) is 92.2 cm³/mol. The zero-order valence-corrected chi connectivity index (χ0v) is 15.1. The molecular weight excluding hydrogens is 288 g/mol. The summed E-state index contributed by atoms with van der Waals surface area (Å²) in [6, 6.07) is 0. The van der Waals surface area contributed by atoms with E-state index in [1.54, 1.807) is 0 Å². The Morgan fingerprint density at radius 1 is 0.783 bits per heavy atom. The van der Waals surface area contributed by atoms with Crippen molar-refractivity contribution in [1.29, 1.82) is 0 Å². The van der Waals surface area contributed by atoms with E-state index in [2.05, 4.69) is 13.8 Å². The highest BCUT2D eigenvalue weighted by molar-refractivity contribution is 4.96. The zero-order valence-electron chi connectivity index (χ0n) is 15.1. The molecule has 2 aliphatic carbocycles. The lowest BCUT2D eigenvalue weighted by Crippen LogP contribution is -2.60. The van der Waals surface area contributed by atoms with E-state index in [1.165, 1.54) is 57.8 Å². The number of hydrogen-bond donors (Lipinski definition) is 1. The second kappa shape index (κ2) is 7.84. The van der Waals surface area contributed by atoms with Gasteiger partial charge in [0.05, 0.1) is 12.2 Å². The topological polar surface area (TPSA) is 38.7 Å². The molecule has 3 aliphatic rings. The van der Waals surface area contributed by atoms with Crippen LogP contribution in [0.15, 0.2) is 0 Å². The number of fused-ring (bicyclic) bond motifs is 2. The molecule has 2 bridgehead atoms. The molecule has 0 aromatic heterocycles. The van der Waals surface area contributed by atoms with Crippen LogP contribution in [0.2, 0.25) is 0 Å². The first-order chi connectivity index (χ1) is 11.1. The van der Waals surface area contributed by atoms with Gasteiger partial charge in [0.1, 0.15) is 6.10 Å². The van der Waals surface area contributed by atoms with Gasteiger partial charge in [0.25, 0.3) is 0 Å². The molecule has 0 amide bonds. The maximum atomic E-state index is 11.1. The molecule has 0 aromatic carbocycles. The maximum absolute atomic E-state index is 11.1. The molecule has 1 N–H and O–H groups in total. The average Bonchev–Trinajstić information content (AvgIpc) is 2.47. The molecule has 0 radical (unpaired) electrons. The summed E-state index contributed by atoms with van der Waals surface area (Å²) < 4.78 is 12.6. The van der Waals surface area contributed by atoms with Crippen LogP contribution in [0.1, 0.15) is 90.9 Å². The van der Waals surface area contributed by atoms with Crippen molar-refractivity contribution in [3.05, 3.63) is 0 Å². The van der Waals surface area contributed by atoms with Crippen molar-refractivity contribution in [2.45, 2.75) is 115 Å². The number of aliphatic hydroxyl groups excluding tert-OH is 1. The Hall–Kier alpha value is -0.120. The van der Waals surface area contributed by atoms with Gasteiger partial charge < -0.3 is 14.6 Å². The maximum Gasteiger partial charge on any atom is 0.195 e. The Bertz CT molecular complexity index is 360. The minimum absolute atomic E-state index is 0.187. The van der Waals surface area contributed by atoms with Crippen LogP contribution in [-0.2, 0) is 9.47 Å². The fourth-order valence-electron chi connectivity index (χ4n) is 5.25. The van der Waals surface area contributed by atoms with Crippen molar-refractivity contribution in [3.63, 3.8) is 0 Å². The first-order valence-corrected chi connectivity index (χ1v) is 10.1. The Morgan fingerprint density at radius 3 is 2.00 bits per heavy atom. The summed E-state index contributed by atoms with van der Waals surface area (Å²) in [6.45, 7) is 4.26. The van der Waals surface area contributed by atoms with Gasteiger partial charge in [-0.2, -0.15) is 0 Å². The van der Waals surface area contributed by atoms with E-state index in [9.17, 15) is 5.11 Å². The molecule has 134 valence electrons. The van der Waals surface area contributed by atoms with E-state index in [-0.39, 0.29) is 12.2 Å². The second-order valence-corrected chi connectivity index (χ2v) is 8.47. The highest BCUT2D eigenvalue weighted by atomic mass is 16.7. The van der Waals surface area contributed by atoms with E-state index in [4.69, 9.17) is 9.47 Å². The van der Waals surface area contributed by atoms with Crippen LogP contribution in [0.25, 0.3) is 0 Å². The van der Waals surface area contributed by atoms with Crippen molar-refractivity contribution in [3.8, 4) is 0 Å². The van der Waals surface area contributed by atoms with Crippen LogP contribution < -0.4 is 0 Å². The van der Waals surface area contributed by atoms with Crippen molar-refractivity contribution >= 4 is 0 Å². The normalized spacial score (nSPS) is 46.8. The SMILES string of the molecule is C[C@@H]1C[C@@H](C)OC2(C[C@@H]3CCCCCCCCC[C@@H](C3)[C@@H]2O)O1. The average molecular weight is 325 g/mol. The lowest BCUT2D eigenvalue weighted by molar-refractivity contribution is -0.368. The third kappa shape index (κ3) is 4.29. The van der Waals surface area contributed by atoms with Crippen LogP contribution in [0.5, 0.6) is 0 Å². The van der Waals surface area contributed by atoms with E-state index in [0.717, 1.165) is 19.3 Å². The van der Waals surface area contributed by atoms with Crippen LogP contribution in [-0.4, -0.2) is 29.2 Å². The van der Waals surface area contributed by atoms with E-state index in [0.29, 0.717) is 11.8 Å². The second-order valence-electron chi connectivity index (χ2n) is 8.47. The molecule has 5 atom stereocenters. The minimum atomic E-state index is -0.727. The van der Waals surface area contributed by atoms with Crippen LogP contribution in [0.4, 0.5) is 0 Å². The van der Waals surface area contributed by atoms with Crippen molar-refractivity contribution in [2.24, 2.45) is 11.8 Å². The number of rotatable bonds is 0. The molecule has 3 heteroatoms. The molecule has 23 heavy (non-hydrogen) atoms. The summed E-state index contributed by atoms with van der Waals surface area (Å²) in [4.78, 5) is 0. The van der Waals surface area contributed by atoms with Gasteiger partial charge in [-0.1, -0.05) is 51.4 Å². The van der Waals surface area contributed by atoms with Crippen molar-refractivity contribution in [1.82, 2.24) is 0 Å². The molecule has 1 aliphatic heterocycles. The quantitative estimate of drug-likeness (QED) is 0.695. The summed E-state index contributed by atoms with van der Waals surface area (Å²) in [6.07, 6.45) is 14.7. The molecule has 1 spiro atoms. The first-order valence-electron chi connectivity index (χ1n) is 10.1. The van der Waals surface area contributed by atoms with Crippen molar-refractivity contribution in [2.75, 3.05) is 0 Å². The third-order valence-corrected chi connectivity index (χ3v) is 6.26. The Labute approximate surface area is 142 Å². The lowest BCUT2D eigenvalue weighted by Gasteiger charge is -2.52. The van der Waals surface area contributed by atoms with Gasteiger partial charge >= 0.3 is 0 Å². The molecule has 1 heterocycles. The fourth-order valence-corrected chi connectivity index (χ4v) is 5.25. The highest BCUT2D eigenvalue weighted by Crippen LogP contribution is 2.47. The van der Waals surface area contributed by atoms with Gasteiger partial charge in [-0.3, -0.25) is 0 Å². The summed E-state index contributed by atoms with van der Waals surface area (Å²) in [7, 11) is 0. The lowest BCUT2D eigenvalue weighted by atomic mass is 9.71. The standard InChI is InChI=1S/C20H36O3/c1-15-12-16(2)23-20(22-15)14-17-10-8-6-4-3-5-7-9-11-18(13-17)19(20)21/h15-19,21H,3-14H2,1-2H3/t15-,16-,17-,18+,19+/m1/s1. The molecule has 0 unspecified atom stereocenters. The Kier molecular flexibility index (Phi) is 6.03. The van der Waals surface area contributed by atoms with Gasteiger partial charge in [-0.05, 0) is 44.9 Å². The fraction of sp³-hybridized carbons (Fsp3) is 1.00. The monoisotopic (exact) mass is 324 g/mol. The van der Waals surface area contributed by atoms with E-state index in [1.807, 2.05) is 0 Å². The molecule has 1 saturated heterocycles. The highest BCUT2D eigenvalue weighted by Gasteiger charge is 2.53. The molecule has 3 nitrogen and oxygen atoms in total. The summed E-state index contributed by atoms with van der Waals surface area (Å²) in [5, 5.41) is 11.1. The Morgan fingerprint density at radius 2 is 1.35 bits per heavy atom. The zero-order chi connectivity index (χ0) is 16.3. The summed E-state index contributed by atoms with van der Waals surface area (Å²) >= 11 is 0. The van der Waals surface area contributed by atoms with Gasteiger partial charge in [0.2, 0.25) is 0 Å². The molecule has 0 aromatic rings.